The summed E-state index contributed by atoms with van der Waals surface area (Å²) in [6, 6.07) is 13.1. The zero-order valence-corrected chi connectivity index (χ0v) is 19.8. The first kappa shape index (κ1) is 23.9. The lowest BCUT2D eigenvalue weighted by atomic mass is 9.72. The lowest BCUT2D eigenvalue weighted by Gasteiger charge is -2.51. The van der Waals surface area contributed by atoms with Gasteiger partial charge in [-0.1, -0.05) is 13.3 Å². The van der Waals surface area contributed by atoms with Crippen molar-refractivity contribution in [3.8, 4) is 22.8 Å². The molecule has 6 rings (SSSR count). The number of alkyl halides is 3. The SMILES string of the molecule is CC[C@H]1CN2CC[C@H]1CC2[C@H](O)c1cc(-c2ccc(OC(F)(F)F)cc2)nc2ccc(OC)cc12. The first-order valence-corrected chi connectivity index (χ1v) is 12.0. The number of aromatic nitrogens is 1. The minimum atomic E-state index is -4.75. The van der Waals surface area contributed by atoms with E-state index in [1.54, 1.807) is 19.2 Å². The molecule has 8 heteroatoms. The van der Waals surface area contributed by atoms with Crippen molar-refractivity contribution in [1.29, 1.82) is 0 Å². The van der Waals surface area contributed by atoms with E-state index in [-0.39, 0.29) is 11.8 Å². The number of piperidine rings is 3. The fourth-order valence-corrected chi connectivity index (χ4v) is 5.76. The Morgan fingerprint density at radius 2 is 1.86 bits per heavy atom. The second-order valence-corrected chi connectivity index (χ2v) is 9.51. The zero-order chi connectivity index (χ0) is 24.7. The van der Waals surface area contributed by atoms with Gasteiger partial charge in [-0.05, 0) is 85.3 Å². The number of aliphatic hydroxyl groups excluding tert-OH is 1. The molecule has 186 valence electrons. The van der Waals surface area contributed by atoms with Crippen LogP contribution < -0.4 is 9.47 Å². The molecule has 2 bridgehead atoms. The van der Waals surface area contributed by atoms with Crippen molar-refractivity contribution in [2.45, 2.75) is 44.7 Å². The minimum Gasteiger partial charge on any atom is -0.497 e. The molecule has 0 radical (unpaired) electrons. The average molecular weight is 487 g/mol. The maximum atomic E-state index is 12.6. The van der Waals surface area contributed by atoms with Crippen LogP contribution >= 0.6 is 0 Å². The smallest absolute Gasteiger partial charge is 0.497 e. The summed E-state index contributed by atoms with van der Waals surface area (Å²) in [7, 11) is 1.60. The second kappa shape index (κ2) is 9.32. The number of benzene rings is 2. The first-order chi connectivity index (χ1) is 16.8. The average Bonchev–Trinajstić information content (AvgIpc) is 2.87. The fraction of sp³-hybridized carbons (Fsp3) is 0.444. The molecule has 3 aliphatic rings. The summed E-state index contributed by atoms with van der Waals surface area (Å²) >= 11 is 0. The molecule has 0 spiro atoms. The van der Waals surface area contributed by atoms with Crippen LogP contribution in [-0.2, 0) is 0 Å². The molecule has 4 heterocycles. The number of methoxy groups -OCH3 is 1. The quantitative estimate of drug-likeness (QED) is 0.466. The molecular formula is C27H29F3N2O3. The summed E-state index contributed by atoms with van der Waals surface area (Å²) in [4.78, 5) is 7.15. The monoisotopic (exact) mass is 486 g/mol. The van der Waals surface area contributed by atoms with E-state index in [0.29, 0.717) is 34.4 Å². The van der Waals surface area contributed by atoms with Crippen LogP contribution in [0.1, 0.15) is 37.9 Å². The predicted molar refractivity (Wildman–Crippen MR) is 127 cm³/mol. The van der Waals surface area contributed by atoms with Crippen LogP contribution in [0, 0.1) is 11.8 Å². The maximum Gasteiger partial charge on any atom is 0.573 e. The highest BCUT2D eigenvalue weighted by molar-refractivity contribution is 5.87. The van der Waals surface area contributed by atoms with Crippen LogP contribution in [0.3, 0.4) is 0 Å². The van der Waals surface area contributed by atoms with Gasteiger partial charge in [0.25, 0.3) is 0 Å². The normalized spacial score (nSPS) is 25.0. The van der Waals surface area contributed by atoms with Gasteiger partial charge < -0.3 is 14.6 Å². The van der Waals surface area contributed by atoms with Crippen LogP contribution in [0.2, 0.25) is 0 Å². The summed E-state index contributed by atoms with van der Waals surface area (Å²) in [5.41, 5.74) is 2.67. The number of fused-ring (bicyclic) bond motifs is 4. The van der Waals surface area contributed by atoms with Crippen LogP contribution in [0.4, 0.5) is 13.2 Å². The lowest BCUT2D eigenvalue weighted by Crippen LogP contribution is -2.55. The van der Waals surface area contributed by atoms with Crippen molar-refractivity contribution in [3.63, 3.8) is 0 Å². The molecule has 3 aliphatic heterocycles. The third kappa shape index (κ3) is 4.82. The molecule has 0 amide bonds. The Bertz CT molecular complexity index is 1200. The van der Waals surface area contributed by atoms with Gasteiger partial charge in [0.2, 0.25) is 0 Å². The molecular weight excluding hydrogens is 457 g/mol. The Morgan fingerprint density at radius 1 is 1.11 bits per heavy atom. The van der Waals surface area contributed by atoms with Gasteiger partial charge in [0.1, 0.15) is 11.5 Å². The van der Waals surface area contributed by atoms with Crippen molar-refractivity contribution in [1.82, 2.24) is 9.88 Å². The number of hydrogen-bond acceptors (Lipinski definition) is 5. The van der Waals surface area contributed by atoms with E-state index in [1.165, 1.54) is 18.6 Å². The molecule has 5 atom stereocenters. The topological polar surface area (TPSA) is 54.8 Å². The maximum absolute atomic E-state index is 12.6. The van der Waals surface area contributed by atoms with Gasteiger partial charge >= 0.3 is 6.36 Å². The van der Waals surface area contributed by atoms with E-state index in [2.05, 4.69) is 16.6 Å². The molecule has 3 aromatic rings. The van der Waals surface area contributed by atoms with Crippen LogP contribution in [0.25, 0.3) is 22.2 Å². The Hall–Kier alpha value is -2.84. The van der Waals surface area contributed by atoms with E-state index in [1.807, 2.05) is 24.3 Å². The fourth-order valence-electron chi connectivity index (χ4n) is 5.76. The Balaban J connectivity index is 1.53. The minimum absolute atomic E-state index is 0.0174. The van der Waals surface area contributed by atoms with Gasteiger partial charge in [0.15, 0.2) is 0 Å². The van der Waals surface area contributed by atoms with Crippen molar-refractivity contribution < 1.29 is 27.8 Å². The molecule has 3 fully saturated rings. The first-order valence-electron chi connectivity index (χ1n) is 12.0. The molecule has 1 N–H and O–H groups in total. The standard InChI is InChI=1S/C27H29F3N2O3/c1-3-16-15-32-11-10-18(16)12-25(32)26(33)22-14-24(31-23-9-8-20(34-2)13-21(22)23)17-4-6-19(7-5-17)35-27(28,29)30/h4-9,13-14,16,18,25-26,33H,3,10-12,15H2,1-2H3/t16-,18-,25?,26+/m0/s1. The van der Waals surface area contributed by atoms with E-state index in [4.69, 9.17) is 9.72 Å². The molecule has 3 saturated heterocycles. The van der Waals surface area contributed by atoms with Crippen molar-refractivity contribution >= 4 is 10.9 Å². The van der Waals surface area contributed by atoms with E-state index in [0.717, 1.165) is 36.9 Å². The van der Waals surface area contributed by atoms with E-state index < -0.39 is 12.5 Å². The van der Waals surface area contributed by atoms with Crippen LogP contribution in [0.15, 0.2) is 48.5 Å². The molecule has 0 aliphatic carbocycles. The van der Waals surface area contributed by atoms with Crippen LogP contribution in [0.5, 0.6) is 11.5 Å². The number of halogens is 3. The van der Waals surface area contributed by atoms with E-state index in [9.17, 15) is 18.3 Å². The number of aliphatic hydroxyl groups is 1. The van der Waals surface area contributed by atoms with Gasteiger partial charge in [-0.25, -0.2) is 4.98 Å². The van der Waals surface area contributed by atoms with Gasteiger partial charge in [0, 0.05) is 23.5 Å². The Morgan fingerprint density at radius 3 is 2.49 bits per heavy atom. The number of pyridine rings is 1. The Kier molecular flexibility index (Phi) is 6.36. The molecule has 5 nitrogen and oxygen atoms in total. The summed E-state index contributed by atoms with van der Waals surface area (Å²) in [6.07, 6.45) is -2.20. The third-order valence-corrected chi connectivity index (χ3v) is 7.58. The Labute approximate surface area is 202 Å². The van der Waals surface area contributed by atoms with Gasteiger partial charge in [-0.2, -0.15) is 0 Å². The third-order valence-electron chi connectivity index (χ3n) is 7.58. The largest absolute Gasteiger partial charge is 0.573 e. The molecule has 2 unspecified atom stereocenters. The summed E-state index contributed by atoms with van der Waals surface area (Å²) in [5, 5.41) is 12.5. The van der Waals surface area contributed by atoms with Crippen molar-refractivity contribution in [2.75, 3.05) is 20.2 Å². The lowest BCUT2D eigenvalue weighted by molar-refractivity contribution is -0.274. The molecule has 35 heavy (non-hydrogen) atoms. The number of nitrogens with zero attached hydrogens (tertiary/aromatic N) is 2. The molecule has 0 saturated carbocycles. The van der Waals surface area contributed by atoms with Gasteiger partial charge in [0.05, 0.1) is 24.4 Å². The van der Waals surface area contributed by atoms with Gasteiger partial charge in [-0.3, -0.25) is 4.90 Å². The van der Waals surface area contributed by atoms with E-state index >= 15 is 0 Å². The second-order valence-electron chi connectivity index (χ2n) is 9.51. The van der Waals surface area contributed by atoms with Crippen molar-refractivity contribution in [2.24, 2.45) is 11.8 Å². The summed E-state index contributed by atoms with van der Waals surface area (Å²) in [6.45, 7) is 4.23. The molecule has 2 aromatic carbocycles. The predicted octanol–water partition coefficient (Wildman–Crippen LogP) is 5.96. The number of hydrogen-bond donors (Lipinski definition) is 1. The van der Waals surface area contributed by atoms with Gasteiger partial charge in [-0.15, -0.1) is 13.2 Å². The number of rotatable bonds is 6. The highest BCUT2D eigenvalue weighted by atomic mass is 19.4. The summed E-state index contributed by atoms with van der Waals surface area (Å²) in [5.74, 6) is 1.68. The number of ether oxygens (including phenoxy) is 2. The van der Waals surface area contributed by atoms with Crippen molar-refractivity contribution in [3.05, 3.63) is 54.1 Å². The highest BCUT2D eigenvalue weighted by Gasteiger charge is 2.42. The molecule has 1 aromatic heterocycles. The summed E-state index contributed by atoms with van der Waals surface area (Å²) < 4.78 is 47.1. The van der Waals surface area contributed by atoms with Crippen LogP contribution in [-0.4, -0.2) is 47.6 Å². The highest BCUT2D eigenvalue weighted by Crippen LogP contribution is 2.43. The zero-order valence-electron chi connectivity index (χ0n) is 19.8.